The summed E-state index contributed by atoms with van der Waals surface area (Å²) >= 11 is 0. The van der Waals surface area contributed by atoms with Crippen molar-refractivity contribution in [3.8, 4) is 0 Å². The first-order valence-electron chi connectivity index (χ1n) is 6.81. The maximum absolute atomic E-state index is 12.7. The number of nitrogens with zero attached hydrogens (tertiary/aromatic N) is 2. The van der Waals surface area contributed by atoms with Crippen molar-refractivity contribution in [1.82, 2.24) is 4.98 Å². The molecule has 1 aromatic heterocycles. The number of hydrogen-bond donors (Lipinski definition) is 0. The van der Waals surface area contributed by atoms with Gasteiger partial charge in [-0.25, -0.2) is 12.7 Å². The van der Waals surface area contributed by atoms with Gasteiger partial charge >= 0.3 is 6.18 Å². The predicted octanol–water partition coefficient (Wildman–Crippen LogP) is 3.13. The van der Waals surface area contributed by atoms with Crippen LogP contribution >= 0.6 is 0 Å². The van der Waals surface area contributed by atoms with Crippen LogP contribution in [0.2, 0.25) is 0 Å². The van der Waals surface area contributed by atoms with Crippen LogP contribution in [0.4, 0.5) is 18.9 Å². The smallest absolute Gasteiger partial charge is 0.356 e. The molecule has 0 saturated carbocycles. The largest absolute Gasteiger partial charge is 0.404 e. The van der Waals surface area contributed by atoms with Crippen LogP contribution < -0.4 is 4.31 Å². The van der Waals surface area contributed by atoms with E-state index in [1.807, 2.05) is 0 Å². The summed E-state index contributed by atoms with van der Waals surface area (Å²) in [6, 6.07) is 10.6. The van der Waals surface area contributed by atoms with E-state index in [0.717, 1.165) is 0 Å². The molecule has 0 aliphatic rings. The lowest BCUT2D eigenvalue weighted by atomic mass is 10.2. The molecule has 1 heterocycles. The van der Waals surface area contributed by atoms with Crippen LogP contribution in [0, 0.1) is 0 Å². The third-order valence-electron chi connectivity index (χ3n) is 3.06. The first kappa shape index (κ1) is 18.2. The molecule has 0 fully saturated rings. The first-order valence-corrected chi connectivity index (χ1v) is 8.42. The number of pyridine rings is 1. The van der Waals surface area contributed by atoms with Crippen LogP contribution in [-0.4, -0.2) is 32.4 Å². The molecule has 2 rings (SSSR count). The van der Waals surface area contributed by atoms with E-state index in [4.69, 9.17) is 4.74 Å². The van der Waals surface area contributed by atoms with E-state index in [9.17, 15) is 21.6 Å². The second-order valence-electron chi connectivity index (χ2n) is 4.88. The van der Waals surface area contributed by atoms with Gasteiger partial charge in [0.15, 0.2) is 12.0 Å². The second kappa shape index (κ2) is 7.18. The van der Waals surface area contributed by atoms with Gasteiger partial charge in [0, 0.05) is 25.1 Å². The molecule has 0 N–H and O–H groups in total. The van der Waals surface area contributed by atoms with Crippen LogP contribution in [0.5, 0.6) is 0 Å². The predicted molar refractivity (Wildman–Crippen MR) is 82.7 cm³/mol. The van der Waals surface area contributed by atoms with E-state index in [-0.39, 0.29) is 5.69 Å². The summed E-state index contributed by atoms with van der Waals surface area (Å²) in [7, 11) is -3.52. The number of sulfonamides is 1. The Kier molecular flexibility index (Phi) is 5.45. The summed E-state index contributed by atoms with van der Waals surface area (Å²) in [4.78, 5) is 3.86. The average Bonchev–Trinajstić information content (AvgIpc) is 2.51. The van der Waals surface area contributed by atoms with Gasteiger partial charge in [-0.3, -0.25) is 4.98 Å². The van der Waals surface area contributed by atoms with E-state index >= 15 is 0 Å². The Morgan fingerprint density at radius 3 is 2.33 bits per heavy atom. The third-order valence-corrected chi connectivity index (χ3v) is 4.76. The lowest BCUT2D eigenvalue weighted by molar-refractivity contribution is -0.106. The van der Waals surface area contributed by atoms with Gasteiger partial charge in [0.2, 0.25) is 10.0 Å². The van der Waals surface area contributed by atoms with Gasteiger partial charge < -0.3 is 4.74 Å². The molecule has 24 heavy (non-hydrogen) atoms. The Bertz CT molecular complexity index is 753. The molecule has 1 aromatic carbocycles. The Morgan fingerprint density at radius 1 is 1.17 bits per heavy atom. The van der Waals surface area contributed by atoms with Gasteiger partial charge in [-0.1, -0.05) is 24.3 Å². The van der Waals surface area contributed by atoms with Crippen LogP contribution in [0.25, 0.3) is 0 Å². The molecule has 1 unspecified atom stereocenters. The molecule has 1 atom stereocenters. The number of hydrogen-bond acceptors (Lipinski definition) is 4. The van der Waals surface area contributed by atoms with Crippen LogP contribution in [0.15, 0.2) is 54.9 Å². The lowest BCUT2D eigenvalue weighted by Gasteiger charge is -2.32. The molecular weight excluding hydrogens is 345 g/mol. The van der Waals surface area contributed by atoms with Gasteiger partial charge in [0.25, 0.3) is 0 Å². The third kappa shape index (κ3) is 4.45. The minimum Gasteiger partial charge on any atom is -0.356 e. The average molecular weight is 360 g/mol. The molecule has 0 aliphatic heterocycles. The van der Waals surface area contributed by atoms with Gasteiger partial charge in [-0.15, -0.1) is 0 Å². The Hall–Kier alpha value is -2.13. The van der Waals surface area contributed by atoms with Crippen molar-refractivity contribution >= 4 is 15.7 Å². The highest BCUT2D eigenvalue weighted by Crippen LogP contribution is 2.32. The van der Waals surface area contributed by atoms with E-state index in [1.54, 1.807) is 12.1 Å². The molecular formula is C15H15F3N2O3S. The summed E-state index contributed by atoms with van der Waals surface area (Å²) in [5, 5.41) is 0. The first-order chi connectivity index (χ1) is 11.2. The monoisotopic (exact) mass is 360 g/mol. The minimum absolute atomic E-state index is 0.0671. The number of anilines is 1. The lowest BCUT2D eigenvalue weighted by Crippen LogP contribution is -2.41. The van der Waals surface area contributed by atoms with Crippen molar-refractivity contribution < 1.29 is 26.3 Å². The SMILES string of the molecule is COC(c1cccnc1)N(c1ccccc1)S(=O)(=O)CC(F)(F)F. The molecule has 130 valence electrons. The van der Waals surface area contributed by atoms with Crippen molar-refractivity contribution in [2.45, 2.75) is 12.4 Å². The van der Waals surface area contributed by atoms with Gasteiger partial charge in [0.05, 0.1) is 5.69 Å². The zero-order valence-corrected chi connectivity index (χ0v) is 13.5. The van der Waals surface area contributed by atoms with Gasteiger partial charge in [-0.2, -0.15) is 13.2 Å². The van der Waals surface area contributed by atoms with Crippen LogP contribution in [-0.2, 0) is 14.8 Å². The molecule has 0 bridgehead atoms. The van der Waals surface area contributed by atoms with Crippen molar-refractivity contribution in [2.75, 3.05) is 17.2 Å². The highest BCUT2D eigenvalue weighted by molar-refractivity contribution is 7.92. The normalized spacial score (nSPS) is 13.5. The number of rotatable bonds is 6. The van der Waals surface area contributed by atoms with E-state index in [1.165, 1.54) is 49.8 Å². The molecule has 0 radical (unpaired) electrons. The molecule has 0 spiro atoms. The Labute approximate surface area is 137 Å². The summed E-state index contributed by atoms with van der Waals surface area (Å²) in [5.41, 5.74) is 0.382. The number of alkyl halides is 3. The van der Waals surface area contributed by atoms with Crippen molar-refractivity contribution in [2.24, 2.45) is 0 Å². The van der Waals surface area contributed by atoms with Crippen molar-refractivity contribution in [1.29, 1.82) is 0 Å². The highest BCUT2D eigenvalue weighted by atomic mass is 32.2. The second-order valence-corrected chi connectivity index (χ2v) is 6.72. The Morgan fingerprint density at radius 2 is 1.83 bits per heavy atom. The fourth-order valence-corrected chi connectivity index (χ4v) is 3.68. The topological polar surface area (TPSA) is 59.5 Å². The number of halogens is 3. The van der Waals surface area contributed by atoms with Crippen LogP contribution in [0.1, 0.15) is 11.8 Å². The van der Waals surface area contributed by atoms with Crippen molar-refractivity contribution in [3.05, 3.63) is 60.4 Å². The fourth-order valence-electron chi connectivity index (χ4n) is 2.18. The minimum atomic E-state index is -4.88. The maximum Gasteiger partial charge on any atom is 0.404 e. The molecule has 2 aromatic rings. The zero-order chi connectivity index (χ0) is 17.8. The number of para-hydroxylation sites is 1. The molecule has 5 nitrogen and oxygen atoms in total. The van der Waals surface area contributed by atoms with Gasteiger partial charge in [0.1, 0.15) is 0 Å². The summed E-state index contributed by atoms with van der Waals surface area (Å²) < 4.78 is 68.9. The van der Waals surface area contributed by atoms with E-state index in [0.29, 0.717) is 9.87 Å². The number of ether oxygens (including phenoxy) is 1. The zero-order valence-electron chi connectivity index (χ0n) is 12.6. The van der Waals surface area contributed by atoms with Gasteiger partial charge in [-0.05, 0) is 18.2 Å². The maximum atomic E-state index is 12.7. The molecule has 0 saturated heterocycles. The number of benzene rings is 1. The number of aromatic nitrogens is 1. The summed E-state index contributed by atoms with van der Waals surface area (Å²) in [6.07, 6.45) is -3.34. The Balaban J connectivity index is 2.55. The van der Waals surface area contributed by atoms with E-state index in [2.05, 4.69) is 4.98 Å². The number of methoxy groups -OCH3 is 1. The molecule has 0 amide bonds. The quantitative estimate of drug-likeness (QED) is 0.743. The van der Waals surface area contributed by atoms with Crippen molar-refractivity contribution in [3.63, 3.8) is 0 Å². The van der Waals surface area contributed by atoms with E-state index < -0.39 is 28.2 Å². The molecule has 9 heteroatoms. The molecule has 0 aliphatic carbocycles. The fraction of sp³-hybridized carbons (Fsp3) is 0.267. The summed E-state index contributed by atoms with van der Waals surface area (Å²) in [6.45, 7) is 0. The standard InChI is InChI=1S/C15H15F3N2O3S/c1-23-14(12-6-5-9-19-10-12)20(13-7-3-2-4-8-13)24(21,22)11-15(16,17)18/h2-10,14H,11H2,1H3. The van der Waals surface area contributed by atoms with Crippen LogP contribution in [0.3, 0.4) is 0 Å². The summed E-state index contributed by atoms with van der Waals surface area (Å²) in [5.74, 6) is -1.99. The highest BCUT2D eigenvalue weighted by Gasteiger charge is 2.41.